The number of likely N-dealkylation sites (tertiary alicyclic amines) is 1. The lowest BCUT2D eigenvalue weighted by atomic mass is 9.78. The molecular weight excluding hydrogens is 606 g/mol. The number of benzene rings is 3. The number of para-hydroxylation sites is 2. The zero-order valence-corrected chi connectivity index (χ0v) is 26.4. The van der Waals surface area contributed by atoms with Gasteiger partial charge in [0, 0.05) is 24.0 Å². The summed E-state index contributed by atoms with van der Waals surface area (Å²) in [6, 6.07) is 23.1. The van der Waals surface area contributed by atoms with Crippen LogP contribution in [0.4, 0.5) is 11.4 Å². The van der Waals surface area contributed by atoms with Crippen LogP contribution in [0.15, 0.2) is 103 Å². The number of hydrogen-bond acceptors (Lipinski definition) is 5. The number of aliphatic hydroxyl groups excluding tert-OH is 1. The quantitative estimate of drug-likeness (QED) is 0.382. The molecule has 1 unspecified atom stereocenters. The highest BCUT2D eigenvalue weighted by Crippen LogP contribution is 2.61. The van der Waals surface area contributed by atoms with Gasteiger partial charge in [0.15, 0.2) is 0 Å². The summed E-state index contributed by atoms with van der Waals surface area (Å²) in [6.07, 6.45) is 8.33. The van der Waals surface area contributed by atoms with Crippen molar-refractivity contribution in [1.29, 1.82) is 0 Å². The van der Waals surface area contributed by atoms with Gasteiger partial charge in [0.1, 0.15) is 6.04 Å². The van der Waals surface area contributed by atoms with Crippen LogP contribution in [0.5, 0.6) is 0 Å². The van der Waals surface area contributed by atoms with Gasteiger partial charge in [-0.25, -0.2) is 0 Å². The van der Waals surface area contributed by atoms with Gasteiger partial charge in [-0.2, -0.15) is 0 Å². The Balaban J connectivity index is 1.36. The van der Waals surface area contributed by atoms with Gasteiger partial charge >= 0.3 is 0 Å². The molecule has 4 heterocycles. The van der Waals surface area contributed by atoms with Crippen molar-refractivity contribution in [2.45, 2.75) is 35.4 Å². The lowest BCUT2D eigenvalue weighted by Crippen LogP contribution is -2.57. The van der Waals surface area contributed by atoms with E-state index in [9.17, 15) is 19.5 Å². The summed E-state index contributed by atoms with van der Waals surface area (Å²) in [5, 5.41) is 11.0. The molecule has 230 valence electrons. The van der Waals surface area contributed by atoms with Gasteiger partial charge in [0.25, 0.3) is 5.91 Å². The largest absolute Gasteiger partial charge is 0.394 e. The number of halogens is 1. The normalized spacial score (nSPS) is 28.1. The fourth-order valence-corrected chi connectivity index (χ4v) is 9.93. The van der Waals surface area contributed by atoms with Crippen molar-refractivity contribution in [2.75, 3.05) is 29.5 Å². The Morgan fingerprint density at radius 1 is 0.889 bits per heavy atom. The molecule has 1 N–H and O–H groups in total. The molecule has 4 aliphatic rings. The second-order valence-corrected chi connectivity index (χ2v) is 14.0. The number of aliphatic hydroxyl groups is 1. The third-order valence-corrected chi connectivity index (χ3v) is 11.6. The van der Waals surface area contributed by atoms with E-state index in [1.807, 2.05) is 104 Å². The van der Waals surface area contributed by atoms with Crippen LogP contribution in [-0.2, 0) is 20.8 Å². The zero-order chi connectivity index (χ0) is 31.3. The maximum Gasteiger partial charge on any atom is 0.251 e. The lowest BCUT2D eigenvalue weighted by molar-refractivity contribution is -0.141. The van der Waals surface area contributed by atoms with Crippen molar-refractivity contribution < 1.29 is 19.5 Å². The molecule has 45 heavy (non-hydrogen) atoms. The summed E-state index contributed by atoms with van der Waals surface area (Å²) in [5.41, 5.74) is 3.16. The van der Waals surface area contributed by atoms with Gasteiger partial charge in [0.05, 0.1) is 39.9 Å². The van der Waals surface area contributed by atoms with Gasteiger partial charge in [-0.15, -0.1) is 11.8 Å². The van der Waals surface area contributed by atoms with Crippen molar-refractivity contribution in [1.82, 2.24) is 4.90 Å². The molecule has 0 bridgehead atoms. The van der Waals surface area contributed by atoms with Crippen molar-refractivity contribution in [2.24, 2.45) is 11.8 Å². The minimum Gasteiger partial charge on any atom is -0.394 e. The van der Waals surface area contributed by atoms with Crippen LogP contribution in [0.3, 0.4) is 0 Å². The maximum absolute atomic E-state index is 15.0. The topological polar surface area (TPSA) is 81.2 Å². The number of fused-ring (bicyclic) bond motifs is 2. The van der Waals surface area contributed by atoms with Crippen molar-refractivity contribution in [3.63, 3.8) is 0 Å². The van der Waals surface area contributed by atoms with Gasteiger partial charge in [-0.3, -0.25) is 14.4 Å². The monoisotopic (exact) mass is 639 g/mol. The molecule has 3 aromatic carbocycles. The van der Waals surface area contributed by atoms with Gasteiger partial charge < -0.3 is 19.8 Å². The Labute approximate surface area is 272 Å². The fraction of sp³-hybridized carbons (Fsp3) is 0.306. The summed E-state index contributed by atoms with van der Waals surface area (Å²) < 4.78 is -1.02. The summed E-state index contributed by atoms with van der Waals surface area (Å²) in [6.45, 7) is 2.26. The molecule has 1 spiro atoms. The lowest BCUT2D eigenvalue weighted by Gasteiger charge is -2.39. The van der Waals surface area contributed by atoms with Gasteiger partial charge in [0.2, 0.25) is 11.8 Å². The molecule has 2 saturated heterocycles. The van der Waals surface area contributed by atoms with E-state index in [0.717, 1.165) is 16.8 Å². The minimum absolute atomic E-state index is 0.132. The molecule has 7 rings (SSSR count). The molecular formula is C36H34ClN3O4S. The number of carbonyl (C=O) groups excluding carboxylic acids is 3. The highest BCUT2D eigenvalue weighted by Gasteiger charge is 2.72. The molecule has 3 aromatic rings. The molecule has 7 nitrogen and oxygen atoms in total. The number of thioether (sulfide) groups is 1. The summed E-state index contributed by atoms with van der Waals surface area (Å²) >= 11 is 8.23. The first-order chi connectivity index (χ1) is 21.9. The minimum atomic E-state index is -1.02. The van der Waals surface area contributed by atoms with Crippen LogP contribution in [-0.4, -0.2) is 69.5 Å². The molecule has 0 aromatic heterocycles. The highest BCUT2D eigenvalue weighted by atomic mass is 35.5. The zero-order valence-electron chi connectivity index (χ0n) is 24.8. The summed E-state index contributed by atoms with van der Waals surface area (Å²) in [7, 11) is 0. The number of rotatable bonds is 6. The SMILES string of the molecule is Cc1cccc(Cl)c1N1CC=C[C@]23S[C@H]4C=CCN(c5ccccc5)C(=O)[C@H]4[C@H]2C(=O)N([C@@H](CO)Cc2ccccc2)C3C1=O. The van der Waals surface area contributed by atoms with Gasteiger partial charge in [-0.05, 0) is 42.7 Å². The van der Waals surface area contributed by atoms with Crippen LogP contribution >= 0.6 is 23.4 Å². The van der Waals surface area contributed by atoms with E-state index < -0.39 is 28.7 Å². The molecule has 4 aliphatic heterocycles. The third-order valence-electron chi connectivity index (χ3n) is 9.54. The number of hydrogen-bond donors (Lipinski definition) is 1. The summed E-state index contributed by atoms with van der Waals surface area (Å²) in [5.74, 6) is -2.15. The predicted octanol–water partition coefficient (Wildman–Crippen LogP) is 5.06. The first-order valence-electron chi connectivity index (χ1n) is 15.3. The smallest absolute Gasteiger partial charge is 0.251 e. The molecule has 9 heteroatoms. The number of aryl methyl sites for hydroxylation is 1. The molecule has 0 radical (unpaired) electrons. The van der Waals surface area contributed by atoms with Crippen LogP contribution < -0.4 is 9.80 Å². The molecule has 0 aliphatic carbocycles. The maximum atomic E-state index is 15.0. The number of anilines is 2. The average Bonchev–Trinajstić information content (AvgIpc) is 3.37. The Bertz CT molecular complexity index is 1680. The summed E-state index contributed by atoms with van der Waals surface area (Å²) in [4.78, 5) is 49.4. The van der Waals surface area contributed by atoms with Crippen molar-refractivity contribution in [3.05, 3.63) is 119 Å². The predicted molar refractivity (Wildman–Crippen MR) is 178 cm³/mol. The Morgan fingerprint density at radius 3 is 2.31 bits per heavy atom. The van der Waals surface area contributed by atoms with E-state index in [-0.39, 0.29) is 36.1 Å². The van der Waals surface area contributed by atoms with Crippen molar-refractivity contribution in [3.8, 4) is 0 Å². The molecule has 3 amide bonds. The average molecular weight is 640 g/mol. The second kappa shape index (κ2) is 11.8. The van der Waals surface area contributed by atoms with Crippen LogP contribution in [0, 0.1) is 18.8 Å². The van der Waals surface area contributed by atoms with E-state index in [1.165, 1.54) is 11.8 Å². The van der Waals surface area contributed by atoms with E-state index in [1.54, 1.807) is 20.8 Å². The molecule has 6 atom stereocenters. The highest BCUT2D eigenvalue weighted by molar-refractivity contribution is 8.02. The Morgan fingerprint density at radius 2 is 1.60 bits per heavy atom. The van der Waals surface area contributed by atoms with Crippen molar-refractivity contribution >= 4 is 52.5 Å². The Hall–Kier alpha value is -3.85. The fourth-order valence-electron chi connectivity index (χ4n) is 7.61. The first-order valence-corrected chi connectivity index (χ1v) is 16.5. The van der Waals surface area contributed by atoms with E-state index >= 15 is 0 Å². The molecule has 0 saturated carbocycles. The number of nitrogens with zero attached hydrogens (tertiary/aromatic N) is 3. The number of carbonyl (C=O) groups is 3. The van der Waals surface area contributed by atoms with Crippen LogP contribution in [0.1, 0.15) is 11.1 Å². The van der Waals surface area contributed by atoms with Gasteiger partial charge in [-0.1, -0.05) is 96.6 Å². The standard InChI is InChI=1S/C36H34ClN3O4S/c1-23-11-8-16-27(37)31(23)39-20-10-18-36-30(29-28(45-36)17-9-19-38(33(29)42)25-14-6-3-7-15-25)34(43)40(32(36)35(39)44)26(22-41)21-24-12-4-2-5-13-24/h2-18,26,28-30,32,41H,19-22H2,1H3/t26-,28+,29-,30+,32?,36+/m1/s1. The second-order valence-electron chi connectivity index (χ2n) is 12.1. The van der Waals surface area contributed by atoms with Crippen LogP contribution in [0.25, 0.3) is 0 Å². The number of amides is 3. The Kier molecular flexibility index (Phi) is 7.84. The molecule has 2 fully saturated rings. The first kappa shape index (κ1) is 29.8. The van der Waals surface area contributed by atoms with E-state index in [2.05, 4.69) is 0 Å². The van der Waals surface area contributed by atoms with Crippen LogP contribution in [0.2, 0.25) is 5.02 Å². The third kappa shape index (κ3) is 4.82. The van der Waals surface area contributed by atoms with E-state index in [4.69, 9.17) is 11.6 Å². The van der Waals surface area contributed by atoms with E-state index in [0.29, 0.717) is 23.7 Å².